The van der Waals surface area contributed by atoms with Crippen LogP contribution < -0.4 is 0 Å². The first kappa shape index (κ1) is 14.1. The lowest BCUT2D eigenvalue weighted by molar-refractivity contribution is -0.152. The molecular formula is C17H21NO3. The number of carboxylic acids is 1. The number of hydrogen-bond donors (Lipinski definition) is 1. The Morgan fingerprint density at radius 1 is 1.24 bits per heavy atom. The Balaban J connectivity index is 1.58. The van der Waals surface area contributed by atoms with Crippen LogP contribution in [-0.2, 0) is 22.4 Å². The number of aryl methyl sites for hydroxylation is 1. The number of hydrogen-bond acceptors (Lipinski definition) is 2. The van der Waals surface area contributed by atoms with Gasteiger partial charge in [-0.2, -0.15) is 0 Å². The number of nitrogens with zero attached hydrogens (tertiary/aromatic N) is 1. The van der Waals surface area contributed by atoms with E-state index in [1.807, 2.05) is 17.0 Å². The topological polar surface area (TPSA) is 57.6 Å². The van der Waals surface area contributed by atoms with Crippen molar-refractivity contribution >= 4 is 11.9 Å². The van der Waals surface area contributed by atoms with Crippen LogP contribution >= 0.6 is 0 Å². The lowest BCUT2D eigenvalue weighted by atomic mass is 9.81. The summed E-state index contributed by atoms with van der Waals surface area (Å²) in [5.41, 5.74) is 2.65. The molecule has 0 radical (unpaired) electrons. The van der Waals surface area contributed by atoms with E-state index in [1.165, 1.54) is 11.1 Å². The summed E-state index contributed by atoms with van der Waals surface area (Å²) in [5.74, 6) is -0.735. The third kappa shape index (κ3) is 2.67. The van der Waals surface area contributed by atoms with Gasteiger partial charge in [-0.1, -0.05) is 31.2 Å². The molecule has 1 aromatic rings. The number of benzene rings is 1. The molecular weight excluding hydrogens is 266 g/mol. The van der Waals surface area contributed by atoms with Gasteiger partial charge in [-0.05, 0) is 30.4 Å². The smallest absolute Gasteiger partial charge is 0.306 e. The van der Waals surface area contributed by atoms with Crippen LogP contribution in [0.2, 0.25) is 0 Å². The molecule has 4 nitrogen and oxygen atoms in total. The number of carbonyl (C=O) groups is 2. The number of aliphatic carboxylic acids is 1. The van der Waals surface area contributed by atoms with E-state index < -0.39 is 5.97 Å². The second-order valence-corrected chi connectivity index (χ2v) is 6.34. The molecule has 112 valence electrons. The van der Waals surface area contributed by atoms with Crippen molar-refractivity contribution in [3.63, 3.8) is 0 Å². The van der Waals surface area contributed by atoms with Crippen LogP contribution in [-0.4, -0.2) is 35.0 Å². The summed E-state index contributed by atoms with van der Waals surface area (Å²) < 4.78 is 0. The van der Waals surface area contributed by atoms with Crippen LogP contribution in [0.25, 0.3) is 0 Å². The Morgan fingerprint density at radius 3 is 2.57 bits per heavy atom. The zero-order valence-corrected chi connectivity index (χ0v) is 12.3. The second kappa shape index (κ2) is 5.51. The van der Waals surface area contributed by atoms with Crippen LogP contribution in [0.5, 0.6) is 0 Å². The molecule has 0 saturated carbocycles. The fraction of sp³-hybridized carbons (Fsp3) is 0.529. The molecule has 1 aliphatic heterocycles. The van der Waals surface area contributed by atoms with Crippen molar-refractivity contribution in [1.82, 2.24) is 4.90 Å². The predicted octanol–water partition coefficient (Wildman–Crippen LogP) is 1.97. The van der Waals surface area contributed by atoms with Crippen LogP contribution in [0, 0.1) is 17.8 Å². The van der Waals surface area contributed by atoms with Gasteiger partial charge in [0.1, 0.15) is 0 Å². The number of carboxylic acid groups (broad SMARTS) is 1. The molecule has 1 aromatic carbocycles. The zero-order chi connectivity index (χ0) is 15.0. The molecule has 1 N–H and O–H groups in total. The molecule has 2 unspecified atom stereocenters. The van der Waals surface area contributed by atoms with Crippen molar-refractivity contribution in [1.29, 1.82) is 0 Å². The van der Waals surface area contributed by atoms with E-state index in [0.29, 0.717) is 13.1 Å². The summed E-state index contributed by atoms with van der Waals surface area (Å²) in [6, 6.07) is 8.33. The summed E-state index contributed by atoms with van der Waals surface area (Å²) in [5, 5.41) is 9.00. The fourth-order valence-corrected chi connectivity index (χ4v) is 3.38. The SMILES string of the molecule is CC(C(=O)O)C1CN(C(=O)C2CCc3ccccc3C2)C1. The molecule has 4 heteroatoms. The van der Waals surface area contributed by atoms with E-state index in [0.717, 1.165) is 19.3 Å². The van der Waals surface area contributed by atoms with Crippen molar-refractivity contribution in [3.8, 4) is 0 Å². The van der Waals surface area contributed by atoms with Crippen molar-refractivity contribution in [3.05, 3.63) is 35.4 Å². The third-order valence-electron chi connectivity index (χ3n) is 5.01. The average molecular weight is 287 g/mol. The van der Waals surface area contributed by atoms with Gasteiger partial charge >= 0.3 is 5.97 Å². The van der Waals surface area contributed by atoms with Crippen LogP contribution in [0.4, 0.5) is 0 Å². The molecule has 2 aliphatic rings. The molecule has 2 atom stereocenters. The quantitative estimate of drug-likeness (QED) is 0.924. The number of amides is 1. The zero-order valence-electron chi connectivity index (χ0n) is 12.3. The van der Waals surface area contributed by atoms with Crippen molar-refractivity contribution < 1.29 is 14.7 Å². The van der Waals surface area contributed by atoms with E-state index in [4.69, 9.17) is 5.11 Å². The predicted molar refractivity (Wildman–Crippen MR) is 78.8 cm³/mol. The molecule has 1 heterocycles. The molecule has 1 amide bonds. The first-order chi connectivity index (χ1) is 10.1. The molecule has 1 aliphatic carbocycles. The normalized spacial score (nSPS) is 23.1. The maximum atomic E-state index is 12.5. The highest BCUT2D eigenvalue weighted by atomic mass is 16.4. The first-order valence-electron chi connectivity index (χ1n) is 7.64. The van der Waals surface area contributed by atoms with Crippen molar-refractivity contribution in [2.75, 3.05) is 13.1 Å². The Bertz CT molecular complexity index is 563. The van der Waals surface area contributed by atoms with E-state index >= 15 is 0 Å². The van der Waals surface area contributed by atoms with Gasteiger partial charge in [-0.15, -0.1) is 0 Å². The maximum Gasteiger partial charge on any atom is 0.306 e. The second-order valence-electron chi connectivity index (χ2n) is 6.34. The molecule has 0 bridgehead atoms. The Morgan fingerprint density at radius 2 is 1.90 bits per heavy atom. The fourth-order valence-electron chi connectivity index (χ4n) is 3.38. The maximum absolute atomic E-state index is 12.5. The molecule has 1 fully saturated rings. The number of likely N-dealkylation sites (tertiary alicyclic amines) is 1. The van der Waals surface area contributed by atoms with Gasteiger partial charge in [0.25, 0.3) is 0 Å². The molecule has 0 spiro atoms. The standard InChI is InChI=1S/C17H21NO3/c1-11(17(20)21)15-9-18(10-15)16(19)14-7-6-12-4-2-3-5-13(12)8-14/h2-5,11,14-15H,6-10H2,1H3,(H,20,21). The molecule has 0 aromatic heterocycles. The largest absolute Gasteiger partial charge is 0.481 e. The van der Waals surface area contributed by atoms with Crippen LogP contribution in [0.1, 0.15) is 24.5 Å². The van der Waals surface area contributed by atoms with Crippen molar-refractivity contribution in [2.24, 2.45) is 17.8 Å². The van der Waals surface area contributed by atoms with E-state index in [-0.39, 0.29) is 23.7 Å². The van der Waals surface area contributed by atoms with Crippen LogP contribution in [0.15, 0.2) is 24.3 Å². The summed E-state index contributed by atoms with van der Waals surface area (Å²) >= 11 is 0. The molecule has 3 rings (SSSR count). The van der Waals surface area contributed by atoms with E-state index in [1.54, 1.807) is 6.92 Å². The number of fused-ring (bicyclic) bond motifs is 1. The number of carbonyl (C=O) groups excluding carboxylic acids is 1. The Labute approximate surface area is 124 Å². The van der Waals surface area contributed by atoms with Gasteiger partial charge in [-0.3, -0.25) is 9.59 Å². The number of rotatable bonds is 3. The van der Waals surface area contributed by atoms with Gasteiger partial charge in [0.2, 0.25) is 5.91 Å². The van der Waals surface area contributed by atoms with Gasteiger partial charge in [0.15, 0.2) is 0 Å². The minimum Gasteiger partial charge on any atom is -0.481 e. The minimum absolute atomic E-state index is 0.0704. The summed E-state index contributed by atoms with van der Waals surface area (Å²) in [7, 11) is 0. The highest BCUT2D eigenvalue weighted by Gasteiger charge is 2.39. The average Bonchev–Trinajstić information content (AvgIpc) is 2.44. The van der Waals surface area contributed by atoms with Crippen LogP contribution in [0.3, 0.4) is 0 Å². The van der Waals surface area contributed by atoms with E-state index in [2.05, 4.69) is 12.1 Å². The summed E-state index contributed by atoms with van der Waals surface area (Å²) in [4.78, 5) is 25.3. The van der Waals surface area contributed by atoms with Gasteiger partial charge < -0.3 is 10.0 Å². The molecule has 21 heavy (non-hydrogen) atoms. The van der Waals surface area contributed by atoms with E-state index in [9.17, 15) is 9.59 Å². The minimum atomic E-state index is -0.765. The third-order valence-corrected chi connectivity index (χ3v) is 5.01. The highest BCUT2D eigenvalue weighted by molar-refractivity contribution is 5.81. The monoisotopic (exact) mass is 287 g/mol. The van der Waals surface area contributed by atoms with Gasteiger partial charge in [-0.25, -0.2) is 0 Å². The molecule has 1 saturated heterocycles. The van der Waals surface area contributed by atoms with Gasteiger partial charge in [0, 0.05) is 24.9 Å². The lowest BCUT2D eigenvalue weighted by Gasteiger charge is -2.43. The first-order valence-corrected chi connectivity index (χ1v) is 7.64. The van der Waals surface area contributed by atoms with Crippen molar-refractivity contribution in [2.45, 2.75) is 26.2 Å². The Kier molecular flexibility index (Phi) is 3.70. The summed E-state index contributed by atoms with van der Waals surface area (Å²) in [6.07, 6.45) is 2.70. The van der Waals surface area contributed by atoms with Gasteiger partial charge in [0.05, 0.1) is 5.92 Å². The summed E-state index contributed by atoms with van der Waals surface area (Å²) in [6.45, 7) is 2.93. The lowest BCUT2D eigenvalue weighted by Crippen LogP contribution is -2.55. The highest BCUT2D eigenvalue weighted by Crippen LogP contribution is 2.31. The Hall–Kier alpha value is -1.84.